The lowest BCUT2D eigenvalue weighted by atomic mass is 10.0. The maximum absolute atomic E-state index is 13.6. The van der Waals surface area contributed by atoms with Gasteiger partial charge in [0.25, 0.3) is 11.8 Å². The zero-order valence-electron chi connectivity index (χ0n) is 16.7. The van der Waals surface area contributed by atoms with Crippen molar-refractivity contribution >= 4 is 22.5 Å². The van der Waals surface area contributed by atoms with Gasteiger partial charge in [0.15, 0.2) is 0 Å². The molecule has 6 heteroatoms. The molecule has 2 aromatic carbocycles. The number of hydrogen-bond acceptors (Lipinski definition) is 3. The molecule has 0 spiro atoms. The number of alkyl halides is 2. The molecule has 1 fully saturated rings. The number of anilines is 1. The molecule has 2 aliphatic rings. The predicted molar refractivity (Wildman–Crippen MR) is 113 cm³/mol. The number of amides is 1. The first-order valence-corrected chi connectivity index (χ1v) is 10.4. The van der Waals surface area contributed by atoms with Crippen LogP contribution in [0, 0.1) is 0 Å². The Labute approximate surface area is 174 Å². The molecule has 3 aromatic rings. The second-order valence-electron chi connectivity index (χ2n) is 8.13. The fraction of sp³-hybridized carbons (Fsp3) is 0.333. The second kappa shape index (κ2) is 7.35. The van der Waals surface area contributed by atoms with E-state index in [4.69, 9.17) is 4.98 Å². The van der Waals surface area contributed by atoms with Crippen LogP contribution in [0.5, 0.6) is 0 Å². The van der Waals surface area contributed by atoms with Crippen molar-refractivity contribution in [2.75, 3.05) is 24.5 Å². The largest absolute Gasteiger partial charge is 0.370 e. The van der Waals surface area contributed by atoms with Crippen molar-refractivity contribution in [2.45, 2.75) is 31.7 Å². The highest BCUT2D eigenvalue weighted by atomic mass is 19.3. The molecule has 0 unspecified atom stereocenters. The fourth-order valence-corrected chi connectivity index (χ4v) is 4.42. The summed E-state index contributed by atoms with van der Waals surface area (Å²) in [6, 6.07) is 17.8. The fourth-order valence-electron chi connectivity index (χ4n) is 4.42. The highest BCUT2D eigenvalue weighted by Gasteiger charge is 2.37. The van der Waals surface area contributed by atoms with E-state index in [-0.39, 0.29) is 31.8 Å². The summed E-state index contributed by atoms with van der Waals surface area (Å²) in [6.45, 7) is 1.69. The van der Waals surface area contributed by atoms with Gasteiger partial charge in [-0.05, 0) is 23.8 Å². The Morgan fingerprint density at radius 3 is 2.60 bits per heavy atom. The maximum atomic E-state index is 13.6. The van der Waals surface area contributed by atoms with Gasteiger partial charge in [0, 0.05) is 62.2 Å². The van der Waals surface area contributed by atoms with Crippen LogP contribution in [0.25, 0.3) is 10.9 Å². The number of pyridine rings is 1. The molecule has 2 aliphatic heterocycles. The number of carbonyl (C=O) groups excluding carboxylic acids is 1. The quantitative estimate of drug-likeness (QED) is 0.631. The van der Waals surface area contributed by atoms with E-state index in [1.54, 1.807) is 0 Å². The van der Waals surface area contributed by atoms with Gasteiger partial charge >= 0.3 is 0 Å². The minimum atomic E-state index is -2.60. The van der Waals surface area contributed by atoms with Crippen LogP contribution >= 0.6 is 0 Å². The monoisotopic (exact) mass is 407 g/mol. The van der Waals surface area contributed by atoms with Crippen molar-refractivity contribution in [1.82, 2.24) is 9.88 Å². The van der Waals surface area contributed by atoms with Crippen molar-refractivity contribution in [3.05, 3.63) is 71.4 Å². The molecule has 30 heavy (non-hydrogen) atoms. The van der Waals surface area contributed by atoms with Crippen LogP contribution in [-0.4, -0.2) is 41.3 Å². The third-order valence-electron chi connectivity index (χ3n) is 6.12. The Morgan fingerprint density at radius 1 is 0.967 bits per heavy atom. The number of halogens is 2. The van der Waals surface area contributed by atoms with Crippen molar-refractivity contribution < 1.29 is 13.6 Å². The van der Waals surface area contributed by atoms with Crippen LogP contribution in [0.2, 0.25) is 0 Å². The van der Waals surface area contributed by atoms with Crippen LogP contribution < -0.4 is 4.90 Å². The summed E-state index contributed by atoms with van der Waals surface area (Å²) < 4.78 is 27.1. The highest BCUT2D eigenvalue weighted by molar-refractivity contribution is 6.03. The van der Waals surface area contributed by atoms with E-state index in [2.05, 4.69) is 6.07 Å². The number of benzene rings is 2. The van der Waals surface area contributed by atoms with Gasteiger partial charge in [-0.15, -0.1) is 0 Å². The van der Waals surface area contributed by atoms with Crippen molar-refractivity contribution in [3.63, 3.8) is 0 Å². The van der Waals surface area contributed by atoms with Crippen LogP contribution in [0.3, 0.4) is 0 Å². The van der Waals surface area contributed by atoms with E-state index >= 15 is 0 Å². The Hall–Kier alpha value is -3.02. The normalized spacial score (nSPS) is 18.1. The van der Waals surface area contributed by atoms with Gasteiger partial charge in [-0.25, -0.2) is 8.78 Å². The van der Waals surface area contributed by atoms with E-state index in [1.807, 2.05) is 58.3 Å². The zero-order valence-corrected chi connectivity index (χ0v) is 16.7. The molecule has 3 heterocycles. The average Bonchev–Trinajstić information content (AvgIpc) is 3.08. The minimum Gasteiger partial charge on any atom is -0.370 e. The standard InChI is InChI=1S/C24H23F2N3O/c25-24(26)11-14-28(15-12-24)21-7-3-5-18-16-29(23(30)22(18)21)13-10-19-9-8-17-4-1-2-6-20(17)27-19/h1-9H,10-16H2. The molecular weight excluding hydrogens is 384 g/mol. The molecule has 0 radical (unpaired) electrons. The number of rotatable bonds is 4. The zero-order chi connectivity index (χ0) is 20.7. The molecular formula is C24H23F2N3O. The summed E-state index contributed by atoms with van der Waals surface area (Å²) in [7, 11) is 0. The number of piperidine rings is 1. The van der Waals surface area contributed by atoms with E-state index in [0.717, 1.165) is 27.8 Å². The smallest absolute Gasteiger partial charge is 0.256 e. The van der Waals surface area contributed by atoms with Crippen molar-refractivity contribution in [2.24, 2.45) is 0 Å². The topological polar surface area (TPSA) is 36.4 Å². The van der Waals surface area contributed by atoms with E-state index in [1.165, 1.54) is 0 Å². The average molecular weight is 407 g/mol. The van der Waals surface area contributed by atoms with E-state index in [0.29, 0.717) is 25.1 Å². The molecule has 0 aliphatic carbocycles. The second-order valence-corrected chi connectivity index (χ2v) is 8.13. The lowest BCUT2D eigenvalue weighted by molar-refractivity contribution is -0.0220. The Morgan fingerprint density at radius 2 is 1.77 bits per heavy atom. The molecule has 1 amide bonds. The number of carbonyl (C=O) groups is 1. The lowest BCUT2D eigenvalue weighted by Gasteiger charge is -2.34. The van der Waals surface area contributed by atoms with Gasteiger partial charge in [-0.3, -0.25) is 9.78 Å². The Bertz CT molecular complexity index is 1100. The Kier molecular flexibility index (Phi) is 4.65. The summed E-state index contributed by atoms with van der Waals surface area (Å²) in [5.74, 6) is -2.61. The number of aromatic nitrogens is 1. The minimum absolute atomic E-state index is 0.0151. The maximum Gasteiger partial charge on any atom is 0.256 e. The summed E-state index contributed by atoms with van der Waals surface area (Å²) in [4.78, 5) is 21.6. The number of para-hydroxylation sites is 1. The first-order chi connectivity index (χ1) is 14.5. The predicted octanol–water partition coefficient (Wildman–Crippen LogP) is 4.67. The summed E-state index contributed by atoms with van der Waals surface area (Å²) in [6.07, 6.45) is 0.347. The van der Waals surface area contributed by atoms with Gasteiger partial charge in [0.05, 0.1) is 11.1 Å². The number of nitrogens with zero attached hydrogens (tertiary/aromatic N) is 3. The van der Waals surface area contributed by atoms with Gasteiger partial charge in [0.2, 0.25) is 0 Å². The highest BCUT2D eigenvalue weighted by Crippen LogP contribution is 2.36. The molecule has 0 saturated carbocycles. The van der Waals surface area contributed by atoms with Gasteiger partial charge < -0.3 is 9.80 Å². The lowest BCUT2D eigenvalue weighted by Crippen LogP contribution is -2.40. The SMILES string of the molecule is O=C1c2c(cccc2N2CCC(F)(F)CC2)CN1CCc1ccc2ccccc2n1. The van der Waals surface area contributed by atoms with Crippen LogP contribution in [0.4, 0.5) is 14.5 Å². The third-order valence-corrected chi connectivity index (χ3v) is 6.12. The van der Waals surface area contributed by atoms with Crippen LogP contribution in [0.15, 0.2) is 54.6 Å². The molecule has 0 N–H and O–H groups in total. The van der Waals surface area contributed by atoms with Gasteiger partial charge in [0.1, 0.15) is 0 Å². The molecule has 4 nitrogen and oxygen atoms in total. The van der Waals surface area contributed by atoms with Crippen LogP contribution in [0.1, 0.15) is 34.5 Å². The van der Waals surface area contributed by atoms with Gasteiger partial charge in [-0.1, -0.05) is 36.4 Å². The Balaban J connectivity index is 1.31. The summed E-state index contributed by atoms with van der Waals surface area (Å²) >= 11 is 0. The molecule has 1 saturated heterocycles. The molecule has 0 bridgehead atoms. The summed E-state index contributed by atoms with van der Waals surface area (Å²) in [5, 5.41) is 1.10. The molecule has 1 aromatic heterocycles. The van der Waals surface area contributed by atoms with E-state index in [9.17, 15) is 13.6 Å². The number of hydrogen-bond donors (Lipinski definition) is 0. The summed E-state index contributed by atoms with van der Waals surface area (Å²) in [5.41, 5.74) is 4.35. The number of fused-ring (bicyclic) bond motifs is 2. The first-order valence-electron chi connectivity index (χ1n) is 10.4. The molecule has 5 rings (SSSR count). The first kappa shape index (κ1) is 19.0. The van der Waals surface area contributed by atoms with E-state index < -0.39 is 5.92 Å². The molecule has 154 valence electrons. The van der Waals surface area contributed by atoms with Crippen LogP contribution in [-0.2, 0) is 13.0 Å². The van der Waals surface area contributed by atoms with Crippen molar-refractivity contribution in [1.29, 1.82) is 0 Å². The molecule has 0 atom stereocenters. The van der Waals surface area contributed by atoms with Crippen molar-refractivity contribution in [3.8, 4) is 0 Å². The van der Waals surface area contributed by atoms with Gasteiger partial charge in [-0.2, -0.15) is 0 Å². The third kappa shape index (κ3) is 3.51.